The summed E-state index contributed by atoms with van der Waals surface area (Å²) in [5, 5.41) is 8.98. The van der Waals surface area contributed by atoms with E-state index in [1.54, 1.807) is 6.92 Å². The Labute approximate surface area is 65.4 Å². The minimum Gasteiger partial charge on any atom is -0.512 e. The molecule has 0 aromatic heterocycles. The predicted octanol–water partition coefficient (Wildman–Crippen LogP) is 0.394. The SMILES string of the molecule is CN=C(C)C(C(N)=O)=C(C)O. The molecule has 0 aromatic carbocycles. The normalized spacial score (nSPS) is 14.3. The summed E-state index contributed by atoms with van der Waals surface area (Å²) < 4.78 is 0. The van der Waals surface area contributed by atoms with Crippen LogP contribution >= 0.6 is 0 Å². The Bertz CT molecular complexity index is 225. The number of hydrogen-bond acceptors (Lipinski definition) is 3. The summed E-state index contributed by atoms with van der Waals surface area (Å²) in [4.78, 5) is 14.4. The maximum Gasteiger partial charge on any atom is 0.253 e. The van der Waals surface area contributed by atoms with Crippen LogP contribution in [0.15, 0.2) is 16.3 Å². The number of aliphatic imine (C=N–C) groups is 1. The van der Waals surface area contributed by atoms with Crippen LogP contribution in [0.25, 0.3) is 0 Å². The van der Waals surface area contributed by atoms with Crippen LogP contribution in [0.3, 0.4) is 0 Å². The zero-order valence-electron chi connectivity index (χ0n) is 6.88. The topological polar surface area (TPSA) is 75.7 Å². The molecule has 4 nitrogen and oxygen atoms in total. The van der Waals surface area contributed by atoms with Gasteiger partial charge in [-0.3, -0.25) is 9.79 Å². The standard InChI is InChI=1S/C7H12N2O2/c1-4(9-3)6(5(2)10)7(8)11/h10H,1-3H3,(H2,8,11). The molecule has 4 heteroatoms. The molecule has 1 amide bonds. The molecule has 0 atom stereocenters. The van der Waals surface area contributed by atoms with Gasteiger partial charge in [0.25, 0.3) is 5.91 Å². The molecule has 0 heterocycles. The molecule has 0 fully saturated rings. The molecule has 3 N–H and O–H groups in total. The molecule has 0 rings (SSSR count). The van der Waals surface area contributed by atoms with Crippen molar-refractivity contribution in [3.8, 4) is 0 Å². The molecule has 0 radical (unpaired) electrons. The van der Waals surface area contributed by atoms with Crippen molar-refractivity contribution in [3.05, 3.63) is 11.3 Å². The average molecular weight is 156 g/mol. The van der Waals surface area contributed by atoms with Crippen LogP contribution < -0.4 is 5.73 Å². The number of hydrogen-bond donors (Lipinski definition) is 2. The summed E-state index contributed by atoms with van der Waals surface area (Å²) in [5.74, 6) is -0.756. The molecule has 0 spiro atoms. The molecule has 0 saturated carbocycles. The molecule has 0 aliphatic rings. The number of amides is 1. The average Bonchev–Trinajstić information content (AvgIpc) is 1.85. The molecule has 0 aromatic rings. The van der Waals surface area contributed by atoms with Gasteiger partial charge in [-0.05, 0) is 13.8 Å². The number of allylic oxidation sites excluding steroid dienone is 1. The first-order valence-corrected chi connectivity index (χ1v) is 3.14. The second-order valence-electron chi connectivity index (χ2n) is 2.13. The fraction of sp³-hybridized carbons (Fsp3) is 0.429. The van der Waals surface area contributed by atoms with Crippen molar-refractivity contribution in [1.29, 1.82) is 0 Å². The highest BCUT2D eigenvalue weighted by atomic mass is 16.3. The zero-order chi connectivity index (χ0) is 9.02. The number of rotatable bonds is 2. The molecule has 0 bridgehead atoms. The first kappa shape index (κ1) is 9.68. The van der Waals surface area contributed by atoms with Gasteiger partial charge in [0, 0.05) is 12.8 Å². The van der Waals surface area contributed by atoms with Crippen molar-refractivity contribution in [1.82, 2.24) is 0 Å². The number of nitrogens with two attached hydrogens (primary N) is 1. The van der Waals surface area contributed by atoms with Crippen molar-refractivity contribution in [2.45, 2.75) is 13.8 Å². The van der Waals surface area contributed by atoms with E-state index in [2.05, 4.69) is 4.99 Å². The lowest BCUT2D eigenvalue weighted by atomic mass is 10.1. The Hall–Kier alpha value is -1.32. The fourth-order valence-corrected chi connectivity index (χ4v) is 0.730. The summed E-state index contributed by atoms with van der Waals surface area (Å²) in [5.41, 5.74) is 5.51. The van der Waals surface area contributed by atoms with Crippen LogP contribution in [-0.2, 0) is 4.79 Å². The predicted molar refractivity (Wildman–Crippen MR) is 43.6 cm³/mol. The lowest BCUT2D eigenvalue weighted by molar-refractivity contribution is -0.114. The molecule has 0 unspecified atom stereocenters. The van der Waals surface area contributed by atoms with Gasteiger partial charge >= 0.3 is 0 Å². The second-order valence-corrected chi connectivity index (χ2v) is 2.13. The smallest absolute Gasteiger partial charge is 0.253 e. The van der Waals surface area contributed by atoms with Crippen molar-refractivity contribution >= 4 is 11.6 Å². The summed E-state index contributed by atoms with van der Waals surface area (Å²) in [7, 11) is 1.53. The maximum absolute atomic E-state index is 10.7. The third kappa shape index (κ3) is 2.41. The zero-order valence-corrected chi connectivity index (χ0v) is 6.88. The Morgan fingerprint density at radius 1 is 1.45 bits per heavy atom. The van der Waals surface area contributed by atoms with E-state index in [1.807, 2.05) is 0 Å². The lowest BCUT2D eigenvalue weighted by Crippen LogP contribution is -2.20. The molecular weight excluding hydrogens is 144 g/mol. The monoisotopic (exact) mass is 156 g/mol. The maximum atomic E-state index is 10.7. The van der Waals surface area contributed by atoms with E-state index in [1.165, 1.54) is 14.0 Å². The quantitative estimate of drug-likeness (QED) is 0.345. The second kappa shape index (κ2) is 3.75. The largest absolute Gasteiger partial charge is 0.512 e. The summed E-state index contributed by atoms with van der Waals surface area (Å²) >= 11 is 0. The van der Waals surface area contributed by atoms with Crippen molar-refractivity contribution < 1.29 is 9.90 Å². The number of nitrogens with zero attached hydrogens (tertiary/aromatic N) is 1. The molecule has 0 aliphatic heterocycles. The van der Waals surface area contributed by atoms with Gasteiger partial charge in [0.05, 0.1) is 5.57 Å². The highest BCUT2D eigenvalue weighted by Crippen LogP contribution is 2.02. The van der Waals surface area contributed by atoms with E-state index in [0.717, 1.165) is 0 Å². The Morgan fingerprint density at radius 3 is 2.00 bits per heavy atom. The number of primary amides is 1. The van der Waals surface area contributed by atoms with E-state index >= 15 is 0 Å². The van der Waals surface area contributed by atoms with Gasteiger partial charge in [0.15, 0.2) is 0 Å². The number of carbonyl (C=O) groups is 1. The Morgan fingerprint density at radius 2 is 1.91 bits per heavy atom. The van der Waals surface area contributed by atoms with Gasteiger partial charge in [-0.25, -0.2) is 0 Å². The molecule has 11 heavy (non-hydrogen) atoms. The highest BCUT2D eigenvalue weighted by Gasteiger charge is 2.11. The minimum absolute atomic E-state index is 0.0903. The van der Waals surface area contributed by atoms with Crippen LogP contribution in [0.4, 0.5) is 0 Å². The third-order valence-corrected chi connectivity index (χ3v) is 1.31. The van der Waals surface area contributed by atoms with Crippen LogP contribution in [-0.4, -0.2) is 23.8 Å². The van der Waals surface area contributed by atoms with E-state index in [9.17, 15) is 4.79 Å². The van der Waals surface area contributed by atoms with Crippen LogP contribution in [0, 0.1) is 0 Å². The summed E-state index contributed by atoms with van der Waals surface area (Å²) in [6.45, 7) is 3.01. The first-order valence-electron chi connectivity index (χ1n) is 3.14. The molecule has 0 saturated heterocycles. The van der Waals surface area contributed by atoms with Crippen molar-refractivity contribution in [2.75, 3.05) is 7.05 Å². The Kier molecular flexibility index (Phi) is 3.30. The van der Waals surface area contributed by atoms with E-state index in [0.29, 0.717) is 5.71 Å². The van der Waals surface area contributed by atoms with Gasteiger partial charge in [-0.2, -0.15) is 0 Å². The molecular formula is C7H12N2O2. The van der Waals surface area contributed by atoms with Gasteiger partial charge in [0.2, 0.25) is 0 Å². The Balaban J connectivity index is 4.95. The van der Waals surface area contributed by atoms with E-state index in [-0.39, 0.29) is 11.3 Å². The highest BCUT2D eigenvalue weighted by molar-refractivity contribution is 6.20. The minimum atomic E-state index is -0.659. The van der Waals surface area contributed by atoms with Crippen molar-refractivity contribution in [2.24, 2.45) is 10.7 Å². The summed E-state index contributed by atoms with van der Waals surface area (Å²) in [6.07, 6.45) is 0. The summed E-state index contributed by atoms with van der Waals surface area (Å²) in [6, 6.07) is 0. The van der Waals surface area contributed by atoms with Gasteiger partial charge in [0.1, 0.15) is 5.76 Å². The number of aliphatic hydroxyl groups excluding tert-OH is 1. The lowest BCUT2D eigenvalue weighted by Gasteiger charge is -2.01. The van der Waals surface area contributed by atoms with Crippen LogP contribution in [0.2, 0.25) is 0 Å². The fourth-order valence-electron chi connectivity index (χ4n) is 0.730. The van der Waals surface area contributed by atoms with Gasteiger partial charge in [-0.1, -0.05) is 0 Å². The number of aliphatic hydroxyl groups is 1. The molecule has 62 valence electrons. The van der Waals surface area contributed by atoms with Crippen LogP contribution in [0.1, 0.15) is 13.8 Å². The van der Waals surface area contributed by atoms with E-state index < -0.39 is 5.91 Å². The van der Waals surface area contributed by atoms with E-state index in [4.69, 9.17) is 10.8 Å². The molecule has 0 aliphatic carbocycles. The first-order chi connectivity index (χ1) is 5.00. The van der Waals surface area contributed by atoms with Gasteiger partial charge in [-0.15, -0.1) is 0 Å². The van der Waals surface area contributed by atoms with Crippen molar-refractivity contribution in [3.63, 3.8) is 0 Å². The van der Waals surface area contributed by atoms with Crippen LogP contribution in [0.5, 0.6) is 0 Å². The number of carbonyl (C=O) groups excluding carboxylic acids is 1. The third-order valence-electron chi connectivity index (χ3n) is 1.31. The van der Waals surface area contributed by atoms with Gasteiger partial charge < -0.3 is 10.8 Å².